The quantitative estimate of drug-likeness (QED) is 0.316. The second-order valence-corrected chi connectivity index (χ2v) is 6.74. The van der Waals surface area contributed by atoms with Crippen LogP contribution in [0.2, 0.25) is 0 Å². The third-order valence-electron chi connectivity index (χ3n) is 3.73. The van der Waals surface area contributed by atoms with Crippen LogP contribution >= 0.6 is 15.9 Å². The van der Waals surface area contributed by atoms with Crippen LogP contribution in [0.1, 0.15) is 27.4 Å². The molecule has 0 saturated heterocycles. The van der Waals surface area contributed by atoms with Gasteiger partial charge in [0.2, 0.25) is 0 Å². The van der Waals surface area contributed by atoms with E-state index in [2.05, 4.69) is 15.9 Å². The highest BCUT2D eigenvalue weighted by molar-refractivity contribution is 9.10. The van der Waals surface area contributed by atoms with Crippen LogP contribution in [-0.2, 0) is 12.8 Å². The summed E-state index contributed by atoms with van der Waals surface area (Å²) >= 11 is 3.31. The Morgan fingerprint density at radius 1 is 1.07 bits per heavy atom. The summed E-state index contributed by atoms with van der Waals surface area (Å²) in [7, 11) is 0. The minimum Gasteiger partial charge on any atom is -0.486 e. The van der Waals surface area contributed by atoms with Crippen molar-refractivity contribution in [1.29, 1.82) is 0 Å². The molecule has 0 spiro atoms. The van der Waals surface area contributed by atoms with Crippen molar-refractivity contribution in [3.8, 4) is 5.75 Å². The number of furan rings is 1. The van der Waals surface area contributed by atoms with Crippen molar-refractivity contribution in [3.05, 3.63) is 93.9 Å². The zero-order valence-electron chi connectivity index (χ0n) is 14.4. The van der Waals surface area contributed by atoms with E-state index in [0.29, 0.717) is 17.1 Å². The Bertz CT molecular complexity index is 1010. The summed E-state index contributed by atoms with van der Waals surface area (Å²) in [6.07, 6.45) is -1.52. The Hall–Kier alpha value is -2.80. The molecule has 3 rings (SSSR count). The summed E-state index contributed by atoms with van der Waals surface area (Å²) < 4.78 is 49.8. The molecular formula is C21H14BrF3O3. The van der Waals surface area contributed by atoms with E-state index in [4.69, 9.17) is 9.15 Å². The van der Waals surface area contributed by atoms with Crippen LogP contribution in [0.15, 0.2) is 75.6 Å². The molecule has 1 aromatic heterocycles. The molecule has 0 unspecified atom stereocenters. The third kappa shape index (κ3) is 5.36. The number of alkyl halides is 3. The molecule has 3 aromatic rings. The van der Waals surface area contributed by atoms with Gasteiger partial charge in [-0.05, 0) is 54.6 Å². The summed E-state index contributed by atoms with van der Waals surface area (Å²) in [5.41, 5.74) is -0.246. The van der Waals surface area contributed by atoms with Gasteiger partial charge in [-0.2, -0.15) is 13.2 Å². The molecular weight excluding hydrogens is 437 g/mol. The van der Waals surface area contributed by atoms with Crippen molar-refractivity contribution in [1.82, 2.24) is 0 Å². The smallest absolute Gasteiger partial charge is 0.416 e. The van der Waals surface area contributed by atoms with Crippen LogP contribution in [0.4, 0.5) is 13.2 Å². The topological polar surface area (TPSA) is 39.4 Å². The molecule has 144 valence electrons. The first kappa shape index (κ1) is 19.9. The molecule has 0 aliphatic rings. The Labute approximate surface area is 167 Å². The molecule has 2 aromatic carbocycles. The van der Waals surface area contributed by atoms with E-state index in [1.54, 1.807) is 30.3 Å². The Balaban J connectivity index is 1.61. The minimum atomic E-state index is -4.43. The van der Waals surface area contributed by atoms with E-state index in [9.17, 15) is 18.0 Å². The van der Waals surface area contributed by atoms with Gasteiger partial charge in [0.15, 0.2) is 5.78 Å². The molecule has 0 bridgehead atoms. The van der Waals surface area contributed by atoms with Crippen LogP contribution in [0.5, 0.6) is 5.75 Å². The SMILES string of the molecule is O=C(/C=C/c1ccc(COc2cccc(C(F)(F)F)c2)o1)c1cccc(Br)c1. The standard InChI is InChI=1S/C21H14BrF3O3/c22-16-5-1-3-14(11-16)20(26)10-9-17-7-8-19(28-17)13-27-18-6-2-4-15(12-18)21(23,24)25/h1-12H,13H2/b10-9+. The van der Waals surface area contributed by atoms with E-state index in [0.717, 1.165) is 16.6 Å². The van der Waals surface area contributed by atoms with Gasteiger partial charge in [-0.1, -0.05) is 34.1 Å². The monoisotopic (exact) mass is 450 g/mol. The zero-order valence-corrected chi connectivity index (χ0v) is 16.0. The lowest BCUT2D eigenvalue weighted by Crippen LogP contribution is -2.05. The Morgan fingerprint density at radius 2 is 1.86 bits per heavy atom. The number of hydrogen-bond donors (Lipinski definition) is 0. The van der Waals surface area contributed by atoms with Crippen molar-refractivity contribution >= 4 is 27.8 Å². The maximum atomic E-state index is 12.7. The highest BCUT2D eigenvalue weighted by Gasteiger charge is 2.30. The number of carbonyl (C=O) groups excluding carboxylic acids is 1. The van der Waals surface area contributed by atoms with Gasteiger partial charge < -0.3 is 9.15 Å². The highest BCUT2D eigenvalue weighted by atomic mass is 79.9. The van der Waals surface area contributed by atoms with Crippen LogP contribution in [-0.4, -0.2) is 5.78 Å². The van der Waals surface area contributed by atoms with Gasteiger partial charge in [0.1, 0.15) is 23.9 Å². The predicted molar refractivity (Wildman–Crippen MR) is 102 cm³/mol. The van der Waals surface area contributed by atoms with Crippen LogP contribution < -0.4 is 4.74 Å². The minimum absolute atomic E-state index is 0.0330. The molecule has 0 N–H and O–H groups in total. The normalized spacial score (nSPS) is 11.7. The summed E-state index contributed by atoms with van der Waals surface area (Å²) in [4.78, 5) is 12.1. The average molecular weight is 451 g/mol. The number of benzene rings is 2. The fourth-order valence-corrected chi connectivity index (χ4v) is 2.77. The van der Waals surface area contributed by atoms with Gasteiger partial charge >= 0.3 is 6.18 Å². The summed E-state index contributed by atoms with van der Waals surface area (Å²) in [6, 6.07) is 14.9. The fraction of sp³-hybridized carbons (Fsp3) is 0.0952. The number of ketones is 1. The van der Waals surface area contributed by atoms with Crippen LogP contribution in [0, 0.1) is 0 Å². The molecule has 0 fully saturated rings. The lowest BCUT2D eigenvalue weighted by molar-refractivity contribution is -0.137. The van der Waals surface area contributed by atoms with Crippen molar-refractivity contribution in [2.24, 2.45) is 0 Å². The van der Waals surface area contributed by atoms with E-state index >= 15 is 0 Å². The molecule has 0 aliphatic heterocycles. The summed E-state index contributed by atoms with van der Waals surface area (Å²) in [5.74, 6) is 0.769. The Morgan fingerprint density at radius 3 is 2.61 bits per heavy atom. The van der Waals surface area contributed by atoms with E-state index in [1.807, 2.05) is 6.07 Å². The lowest BCUT2D eigenvalue weighted by Gasteiger charge is -2.09. The number of ether oxygens (including phenoxy) is 1. The Kier molecular flexibility index (Phi) is 6.04. The van der Waals surface area contributed by atoms with Crippen LogP contribution in [0.25, 0.3) is 6.08 Å². The number of hydrogen-bond acceptors (Lipinski definition) is 3. The molecule has 0 atom stereocenters. The first-order valence-electron chi connectivity index (χ1n) is 8.18. The van der Waals surface area contributed by atoms with E-state index < -0.39 is 11.7 Å². The molecule has 7 heteroatoms. The van der Waals surface area contributed by atoms with Crippen molar-refractivity contribution < 1.29 is 27.1 Å². The molecule has 0 radical (unpaired) electrons. The number of carbonyl (C=O) groups is 1. The highest BCUT2D eigenvalue weighted by Crippen LogP contribution is 2.31. The number of allylic oxidation sites excluding steroid dienone is 1. The largest absolute Gasteiger partial charge is 0.486 e. The van der Waals surface area contributed by atoms with Gasteiger partial charge in [0.25, 0.3) is 0 Å². The van der Waals surface area contributed by atoms with Crippen molar-refractivity contribution in [3.63, 3.8) is 0 Å². The second-order valence-electron chi connectivity index (χ2n) is 5.83. The van der Waals surface area contributed by atoms with E-state index in [1.165, 1.54) is 24.3 Å². The number of rotatable bonds is 6. The average Bonchev–Trinajstić information content (AvgIpc) is 3.12. The molecule has 3 nitrogen and oxygen atoms in total. The lowest BCUT2D eigenvalue weighted by atomic mass is 10.1. The maximum absolute atomic E-state index is 12.7. The molecule has 0 saturated carbocycles. The van der Waals surface area contributed by atoms with Gasteiger partial charge in [-0.15, -0.1) is 0 Å². The second kappa shape index (κ2) is 8.48. The van der Waals surface area contributed by atoms with Gasteiger partial charge in [-0.25, -0.2) is 0 Å². The fourth-order valence-electron chi connectivity index (χ4n) is 2.37. The van der Waals surface area contributed by atoms with Crippen molar-refractivity contribution in [2.75, 3.05) is 0 Å². The zero-order chi connectivity index (χ0) is 20.1. The van der Waals surface area contributed by atoms with Crippen molar-refractivity contribution in [2.45, 2.75) is 12.8 Å². The summed E-state index contributed by atoms with van der Waals surface area (Å²) in [5, 5.41) is 0. The molecule has 0 amide bonds. The van der Waals surface area contributed by atoms with Crippen LogP contribution in [0.3, 0.4) is 0 Å². The third-order valence-corrected chi connectivity index (χ3v) is 4.23. The van der Waals surface area contributed by atoms with E-state index in [-0.39, 0.29) is 18.1 Å². The predicted octanol–water partition coefficient (Wildman–Crippen LogP) is 6.54. The summed E-state index contributed by atoms with van der Waals surface area (Å²) in [6.45, 7) is -0.0330. The number of halogens is 4. The van der Waals surface area contributed by atoms with Gasteiger partial charge in [-0.3, -0.25) is 4.79 Å². The molecule has 0 aliphatic carbocycles. The molecule has 28 heavy (non-hydrogen) atoms. The first-order chi connectivity index (χ1) is 13.3. The van der Waals surface area contributed by atoms with Gasteiger partial charge in [0, 0.05) is 10.0 Å². The first-order valence-corrected chi connectivity index (χ1v) is 8.97. The molecule has 1 heterocycles. The maximum Gasteiger partial charge on any atom is 0.416 e. The van der Waals surface area contributed by atoms with Gasteiger partial charge in [0.05, 0.1) is 5.56 Å².